The van der Waals surface area contributed by atoms with Gasteiger partial charge >= 0.3 is 0 Å². The van der Waals surface area contributed by atoms with Gasteiger partial charge in [-0.25, -0.2) is 9.97 Å². The molecule has 3 aliphatic heterocycles. The van der Waals surface area contributed by atoms with E-state index in [4.69, 9.17) is 20.0 Å². The molecule has 230 valence electrons. The number of fused-ring (bicyclic) bond motifs is 9. The summed E-state index contributed by atoms with van der Waals surface area (Å²) in [6.45, 7) is 3.87. The Balaban J connectivity index is 1.12. The van der Waals surface area contributed by atoms with Gasteiger partial charge in [-0.05, 0) is 73.4 Å². The molecule has 7 aromatic rings. The number of hydrogen-bond acceptors (Lipinski definition) is 5. The van der Waals surface area contributed by atoms with E-state index < -0.39 is 0 Å². The van der Waals surface area contributed by atoms with Gasteiger partial charge in [-0.3, -0.25) is 19.1 Å². The Hall–Kier alpha value is -4.57. The topological polar surface area (TPSA) is 63.6 Å². The fourth-order valence-corrected chi connectivity index (χ4v) is 9.81. The summed E-state index contributed by atoms with van der Waals surface area (Å²) in [7, 11) is 0. The average molecular weight is 726 g/mol. The van der Waals surface area contributed by atoms with Gasteiger partial charge < -0.3 is 4.90 Å². The van der Waals surface area contributed by atoms with Gasteiger partial charge in [-0.2, -0.15) is 0 Å². The van der Waals surface area contributed by atoms with Crippen LogP contribution in [0.4, 0.5) is 5.69 Å². The maximum absolute atomic E-state index is 5.44. The van der Waals surface area contributed by atoms with Crippen molar-refractivity contribution in [2.75, 3.05) is 18.0 Å². The van der Waals surface area contributed by atoms with Gasteiger partial charge in [0.05, 0.1) is 17.6 Å². The lowest BCUT2D eigenvalue weighted by atomic mass is 9.93. The molecule has 4 aromatic heterocycles. The quantitative estimate of drug-likeness (QED) is 0.102. The van der Waals surface area contributed by atoms with E-state index in [0.717, 1.165) is 48.6 Å². The van der Waals surface area contributed by atoms with Crippen molar-refractivity contribution in [2.24, 2.45) is 15.9 Å². The standard InChI is InChI=1S/C39H32IN7/c1-24-22-39(40,23-44-35(24)46-33-15-5-3-10-27(33)30-12-7-19-42-37(30)46)47-34-21-25(16-17-28(34)31-13-8-20-43-38(31)47)45-32-14-4-2-9-26(32)29-11-6-18-41-36(29)45/h2-7,9-12,14-19,21,24,31H,8,13,20,22-23H2,1H3/t24?,31?,39-/m1/s1. The SMILES string of the molecule is CC1C[C@@](I)(N2C3=NCCCC3c3ccc(-n4c5ccccc5c5cccnc54)cc32)CN=C1n1c2ccccc2c2cccnc21. The molecule has 0 amide bonds. The third kappa shape index (κ3) is 3.91. The average Bonchev–Trinajstić information content (AvgIpc) is 3.74. The van der Waals surface area contributed by atoms with Crippen LogP contribution < -0.4 is 4.90 Å². The summed E-state index contributed by atoms with van der Waals surface area (Å²) in [5.41, 5.74) is 8.07. The molecular weight excluding hydrogens is 693 g/mol. The van der Waals surface area contributed by atoms with Crippen LogP contribution in [0.25, 0.3) is 49.6 Å². The summed E-state index contributed by atoms with van der Waals surface area (Å²) in [6.07, 6.45) is 6.98. The second-order valence-corrected chi connectivity index (χ2v) is 15.2. The number of halogens is 1. The Kier molecular flexibility index (Phi) is 5.98. The number of aromatic nitrogens is 4. The third-order valence-electron chi connectivity index (χ3n) is 10.4. The van der Waals surface area contributed by atoms with Crippen LogP contribution in [0.15, 0.2) is 113 Å². The van der Waals surface area contributed by atoms with E-state index in [0.29, 0.717) is 12.5 Å². The molecule has 0 bridgehead atoms. The lowest BCUT2D eigenvalue weighted by molar-refractivity contribution is 0.498. The number of nitrogens with zero attached hydrogens (tertiary/aromatic N) is 7. The number of alkyl halides is 1. The molecule has 0 N–H and O–H groups in total. The zero-order valence-corrected chi connectivity index (χ0v) is 28.2. The summed E-state index contributed by atoms with van der Waals surface area (Å²) in [5.74, 6) is 2.83. The van der Waals surface area contributed by atoms with Crippen LogP contribution >= 0.6 is 22.6 Å². The smallest absolute Gasteiger partial charge is 0.146 e. The highest BCUT2D eigenvalue weighted by Gasteiger charge is 2.49. The fourth-order valence-electron chi connectivity index (χ4n) is 8.47. The molecule has 0 saturated carbocycles. The molecule has 3 aromatic carbocycles. The van der Waals surface area contributed by atoms with E-state index >= 15 is 0 Å². The molecule has 10 rings (SSSR count). The Labute approximate surface area is 285 Å². The number of rotatable bonds is 2. The number of amidine groups is 1. The summed E-state index contributed by atoms with van der Waals surface area (Å²) in [4.78, 5) is 22.9. The number of para-hydroxylation sites is 2. The van der Waals surface area contributed by atoms with Crippen molar-refractivity contribution in [3.05, 3.63) is 109 Å². The Bertz CT molecular complexity index is 2360. The lowest BCUT2D eigenvalue weighted by Crippen LogP contribution is -2.53. The van der Waals surface area contributed by atoms with E-state index in [1.54, 1.807) is 0 Å². The minimum Gasteiger partial charge on any atom is -0.312 e. The van der Waals surface area contributed by atoms with E-state index in [1.807, 2.05) is 24.5 Å². The molecule has 0 aliphatic carbocycles. The van der Waals surface area contributed by atoms with Gasteiger partial charge in [-0.1, -0.05) is 72.0 Å². The second kappa shape index (κ2) is 10.2. The van der Waals surface area contributed by atoms with Crippen molar-refractivity contribution in [1.82, 2.24) is 19.1 Å². The number of aliphatic imine (C=N–C) groups is 2. The Morgan fingerprint density at radius 1 is 0.723 bits per heavy atom. The monoisotopic (exact) mass is 725 g/mol. The van der Waals surface area contributed by atoms with Gasteiger partial charge in [0.15, 0.2) is 0 Å². The molecule has 0 saturated heterocycles. The predicted octanol–water partition coefficient (Wildman–Crippen LogP) is 8.90. The molecule has 0 spiro atoms. The first-order valence-corrected chi connectivity index (χ1v) is 17.6. The number of benzene rings is 3. The molecule has 3 atom stereocenters. The Morgan fingerprint density at radius 2 is 1.38 bits per heavy atom. The van der Waals surface area contributed by atoms with E-state index in [9.17, 15) is 0 Å². The van der Waals surface area contributed by atoms with Crippen molar-refractivity contribution in [3.8, 4) is 5.69 Å². The van der Waals surface area contributed by atoms with Crippen LogP contribution in [-0.2, 0) is 0 Å². The molecule has 8 heteroatoms. The zero-order valence-electron chi connectivity index (χ0n) is 26.0. The molecule has 47 heavy (non-hydrogen) atoms. The summed E-state index contributed by atoms with van der Waals surface area (Å²) in [5, 5.41) is 4.78. The van der Waals surface area contributed by atoms with Crippen molar-refractivity contribution >= 4 is 83.8 Å². The summed E-state index contributed by atoms with van der Waals surface area (Å²) in [6, 6.07) is 32.7. The molecular formula is C39H32IN7. The minimum absolute atomic E-state index is 0.207. The number of hydrogen-bond donors (Lipinski definition) is 0. The first-order valence-electron chi connectivity index (χ1n) is 16.5. The van der Waals surface area contributed by atoms with Gasteiger partial charge in [0, 0.05) is 63.7 Å². The molecule has 3 aliphatic rings. The fraction of sp³-hybridized carbons (Fsp3) is 0.231. The lowest BCUT2D eigenvalue weighted by Gasteiger charge is -2.43. The van der Waals surface area contributed by atoms with E-state index in [2.05, 4.69) is 122 Å². The van der Waals surface area contributed by atoms with Crippen LogP contribution in [0.5, 0.6) is 0 Å². The van der Waals surface area contributed by atoms with Crippen LogP contribution in [0.3, 0.4) is 0 Å². The Morgan fingerprint density at radius 3 is 2.11 bits per heavy atom. The molecule has 0 radical (unpaired) electrons. The highest BCUT2D eigenvalue weighted by Crippen LogP contribution is 2.51. The molecule has 0 fully saturated rings. The number of pyridine rings is 2. The van der Waals surface area contributed by atoms with Crippen molar-refractivity contribution in [3.63, 3.8) is 0 Å². The summed E-state index contributed by atoms with van der Waals surface area (Å²) < 4.78 is 4.36. The van der Waals surface area contributed by atoms with Crippen LogP contribution in [0, 0.1) is 5.92 Å². The predicted molar refractivity (Wildman–Crippen MR) is 201 cm³/mol. The summed E-state index contributed by atoms with van der Waals surface area (Å²) >= 11 is 2.70. The zero-order chi connectivity index (χ0) is 31.3. The number of anilines is 1. The molecule has 7 heterocycles. The first-order chi connectivity index (χ1) is 23.1. The van der Waals surface area contributed by atoms with Crippen LogP contribution in [-0.4, -0.2) is 47.4 Å². The van der Waals surface area contributed by atoms with Gasteiger partial charge in [0.1, 0.15) is 26.5 Å². The van der Waals surface area contributed by atoms with Crippen molar-refractivity contribution in [1.29, 1.82) is 0 Å². The highest BCUT2D eigenvalue weighted by molar-refractivity contribution is 14.1. The second-order valence-electron chi connectivity index (χ2n) is 13.2. The van der Waals surface area contributed by atoms with Gasteiger partial charge in [0.2, 0.25) is 0 Å². The minimum atomic E-state index is -0.260. The normalized spacial score (nSPS) is 22.6. The van der Waals surface area contributed by atoms with Gasteiger partial charge in [-0.15, -0.1) is 0 Å². The van der Waals surface area contributed by atoms with Crippen LogP contribution in [0.2, 0.25) is 0 Å². The van der Waals surface area contributed by atoms with Crippen molar-refractivity contribution < 1.29 is 0 Å². The van der Waals surface area contributed by atoms with Crippen LogP contribution in [0.1, 0.15) is 37.7 Å². The third-order valence-corrected chi connectivity index (χ3v) is 11.7. The van der Waals surface area contributed by atoms with Gasteiger partial charge in [0.25, 0.3) is 0 Å². The van der Waals surface area contributed by atoms with Crippen molar-refractivity contribution in [2.45, 2.75) is 35.6 Å². The molecule has 7 nitrogen and oxygen atoms in total. The largest absolute Gasteiger partial charge is 0.312 e. The first kappa shape index (κ1) is 27.5. The maximum Gasteiger partial charge on any atom is 0.146 e. The maximum atomic E-state index is 5.44. The molecule has 2 unspecified atom stereocenters. The highest BCUT2D eigenvalue weighted by atomic mass is 127. The van der Waals surface area contributed by atoms with E-state index in [1.165, 1.54) is 49.7 Å². The van der Waals surface area contributed by atoms with E-state index in [-0.39, 0.29) is 9.46 Å².